The maximum Gasteiger partial charge on any atom is 0.256 e. The van der Waals surface area contributed by atoms with Gasteiger partial charge in [0.25, 0.3) is 5.91 Å². The summed E-state index contributed by atoms with van der Waals surface area (Å²) >= 11 is 0. The minimum Gasteiger partial charge on any atom is -0.356 e. The summed E-state index contributed by atoms with van der Waals surface area (Å²) in [6.07, 6.45) is 9.63. The first kappa shape index (κ1) is 19.8. The number of hydrogen-bond donors (Lipinski definition) is 1. The molecule has 2 fully saturated rings. The molecule has 1 aromatic rings. The minimum absolute atomic E-state index is 0.151. The number of benzene rings is 1. The van der Waals surface area contributed by atoms with E-state index in [0.717, 1.165) is 25.8 Å². The minimum atomic E-state index is -0.459. The Kier molecular flexibility index (Phi) is 7.25. The number of carbonyl (C=O) groups excluding carboxylic acids is 2. The molecule has 0 bridgehead atoms. The van der Waals surface area contributed by atoms with Gasteiger partial charge in [-0.15, -0.1) is 0 Å². The third-order valence-corrected chi connectivity index (χ3v) is 6.10. The molecule has 5 heteroatoms. The molecular formula is C22H31FN2O2. The molecule has 1 saturated heterocycles. The predicted octanol–water partition coefficient (Wildman–Crippen LogP) is 4.15. The van der Waals surface area contributed by atoms with Crippen molar-refractivity contribution in [2.45, 2.75) is 57.8 Å². The number of nitrogens with zero attached hydrogens (tertiary/aromatic N) is 1. The van der Waals surface area contributed by atoms with E-state index in [-0.39, 0.29) is 17.4 Å². The summed E-state index contributed by atoms with van der Waals surface area (Å²) in [5.74, 6) is 0.604. The SMILES string of the molecule is O=C(CCC1CCN(C(=O)c2ccccc2F)CC1)NCC1CCCCC1. The van der Waals surface area contributed by atoms with Crippen LogP contribution in [-0.4, -0.2) is 36.3 Å². The summed E-state index contributed by atoms with van der Waals surface area (Å²) in [6.45, 7) is 2.11. The summed E-state index contributed by atoms with van der Waals surface area (Å²) in [4.78, 5) is 26.3. The molecule has 2 aliphatic rings. The van der Waals surface area contributed by atoms with E-state index in [4.69, 9.17) is 0 Å². The highest BCUT2D eigenvalue weighted by Crippen LogP contribution is 2.24. The normalized spacial score (nSPS) is 19.1. The Morgan fingerprint density at radius 3 is 2.41 bits per heavy atom. The molecule has 1 aliphatic heterocycles. The van der Waals surface area contributed by atoms with Crippen molar-refractivity contribution in [3.63, 3.8) is 0 Å². The predicted molar refractivity (Wildman–Crippen MR) is 104 cm³/mol. The van der Waals surface area contributed by atoms with E-state index in [1.165, 1.54) is 38.2 Å². The van der Waals surface area contributed by atoms with Crippen molar-refractivity contribution in [3.8, 4) is 0 Å². The zero-order valence-electron chi connectivity index (χ0n) is 16.1. The second-order valence-electron chi connectivity index (χ2n) is 8.06. The number of carbonyl (C=O) groups is 2. The lowest BCUT2D eigenvalue weighted by molar-refractivity contribution is -0.121. The number of halogens is 1. The maximum absolute atomic E-state index is 13.8. The first-order chi connectivity index (χ1) is 13.1. The molecule has 0 spiro atoms. The molecule has 4 nitrogen and oxygen atoms in total. The molecule has 148 valence electrons. The van der Waals surface area contributed by atoms with Crippen LogP contribution in [0, 0.1) is 17.7 Å². The average Bonchev–Trinajstić information content (AvgIpc) is 2.72. The number of amides is 2. The van der Waals surface area contributed by atoms with Gasteiger partial charge in [0.2, 0.25) is 5.91 Å². The van der Waals surface area contributed by atoms with Crippen LogP contribution in [0.1, 0.15) is 68.1 Å². The van der Waals surface area contributed by atoms with E-state index in [1.54, 1.807) is 23.1 Å². The van der Waals surface area contributed by atoms with Crippen LogP contribution in [0.2, 0.25) is 0 Å². The van der Waals surface area contributed by atoms with Crippen molar-refractivity contribution in [2.75, 3.05) is 19.6 Å². The largest absolute Gasteiger partial charge is 0.356 e. The summed E-state index contributed by atoms with van der Waals surface area (Å²) in [5, 5.41) is 3.10. The van der Waals surface area contributed by atoms with E-state index in [1.807, 2.05) is 0 Å². The number of nitrogens with one attached hydrogen (secondary N) is 1. The van der Waals surface area contributed by atoms with Gasteiger partial charge in [-0.05, 0) is 56.1 Å². The highest BCUT2D eigenvalue weighted by atomic mass is 19.1. The fraction of sp³-hybridized carbons (Fsp3) is 0.636. The van der Waals surface area contributed by atoms with Crippen LogP contribution < -0.4 is 5.32 Å². The number of likely N-dealkylation sites (tertiary alicyclic amines) is 1. The van der Waals surface area contributed by atoms with Crippen molar-refractivity contribution >= 4 is 11.8 Å². The van der Waals surface area contributed by atoms with Crippen molar-refractivity contribution in [3.05, 3.63) is 35.6 Å². The van der Waals surface area contributed by atoms with E-state index < -0.39 is 5.82 Å². The van der Waals surface area contributed by atoms with Crippen LogP contribution in [0.15, 0.2) is 24.3 Å². The second-order valence-corrected chi connectivity index (χ2v) is 8.06. The molecule has 1 aliphatic carbocycles. The summed E-state index contributed by atoms with van der Waals surface area (Å²) in [7, 11) is 0. The van der Waals surface area contributed by atoms with Crippen LogP contribution >= 0.6 is 0 Å². The highest BCUT2D eigenvalue weighted by molar-refractivity contribution is 5.94. The third kappa shape index (κ3) is 5.78. The topological polar surface area (TPSA) is 49.4 Å². The molecule has 1 heterocycles. The second kappa shape index (κ2) is 9.86. The molecule has 3 rings (SSSR count). The molecule has 1 aromatic carbocycles. The standard InChI is InChI=1S/C22H31FN2O2/c23-20-9-5-4-8-19(20)22(27)25-14-12-17(13-15-25)10-11-21(26)24-16-18-6-2-1-3-7-18/h4-5,8-9,17-18H,1-3,6-7,10-16H2,(H,24,26). The lowest BCUT2D eigenvalue weighted by Crippen LogP contribution is -2.39. The first-order valence-electron chi connectivity index (χ1n) is 10.4. The molecule has 2 amide bonds. The van der Waals surface area contributed by atoms with Crippen LogP contribution in [0.5, 0.6) is 0 Å². The van der Waals surface area contributed by atoms with Crippen LogP contribution in [0.25, 0.3) is 0 Å². The highest BCUT2D eigenvalue weighted by Gasteiger charge is 2.25. The van der Waals surface area contributed by atoms with Gasteiger partial charge < -0.3 is 10.2 Å². The lowest BCUT2D eigenvalue weighted by atomic mass is 9.89. The molecule has 0 unspecified atom stereocenters. The lowest BCUT2D eigenvalue weighted by Gasteiger charge is -2.32. The van der Waals surface area contributed by atoms with Crippen molar-refractivity contribution in [1.29, 1.82) is 0 Å². The summed E-state index contributed by atoms with van der Waals surface area (Å²) in [5.41, 5.74) is 0.151. The van der Waals surface area contributed by atoms with Crippen LogP contribution in [0.3, 0.4) is 0 Å². The van der Waals surface area contributed by atoms with E-state index in [9.17, 15) is 14.0 Å². The number of rotatable bonds is 6. The van der Waals surface area contributed by atoms with E-state index >= 15 is 0 Å². The Bertz CT molecular complexity index is 635. The number of piperidine rings is 1. The smallest absolute Gasteiger partial charge is 0.256 e. The monoisotopic (exact) mass is 374 g/mol. The number of hydrogen-bond acceptors (Lipinski definition) is 2. The Morgan fingerprint density at radius 2 is 1.70 bits per heavy atom. The van der Waals surface area contributed by atoms with Crippen molar-refractivity contribution in [2.24, 2.45) is 11.8 Å². The molecule has 1 saturated carbocycles. The Balaban J connectivity index is 1.35. The molecular weight excluding hydrogens is 343 g/mol. The van der Waals surface area contributed by atoms with Gasteiger partial charge in [0, 0.05) is 26.1 Å². The van der Waals surface area contributed by atoms with Gasteiger partial charge in [-0.1, -0.05) is 31.4 Å². The van der Waals surface area contributed by atoms with Crippen molar-refractivity contribution < 1.29 is 14.0 Å². The maximum atomic E-state index is 13.8. The molecule has 0 radical (unpaired) electrons. The molecule has 1 N–H and O–H groups in total. The van der Waals surface area contributed by atoms with E-state index in [0.29, 0.717) is 31.3 Å². The van der Waals surface area contributed by atoms with Gasteiger partial charge in [0.15, 0.2) is 0 Å². The zero-order chi connectivity index (χ0) is 19.1. The van der Waals surface area contributed by atoms with Crippen LogP contribution in [-0.2, 0) is 4.79 Å². The van der Waals surface area contributed by atoms with Gasteiger partial charge in [0.05, 0.1) is 5.56 Å². The first-order valence-corrected chi connectivity index (χ1v) is 10.4. The van der Waals surface area contributed by atoms with Gasteiger partial charge in [-0.3, -0.25) is 9.59 Å². The Hall–Kier alpha value is -1.91. The van der Waals surface area contributed by atoms with Crippen LogP contribution in [0.4, 0.5) is 4.39 Å². The summed E-state index contributed by atoms with van der Waals surface area (Å²) in [6, 6.07) is 6.15. The summed E-state index contributed by atoms with van der Waals surface area (Å²) < 4.78 is 13.8. The zero-order valence-corrected chi connectivity index (χ0v) is 16.1. The average molecular weight is 375 g/mol. The molecule has 27 heavy (non-hydrogen) atoms. The quantitative estimate of drug-likeness (QED) is 0.813. The Labute approximate surface area is 161 Å². The van der Waals surface area contributed by atoms with E-state index in [2.05, 4.69) is 5.32 Å². The van der Waals surface area contributed by atoms with Gasteiger partial charge >= 0.3 is 0 Å². The van der Waals surface area contributed by atoms with Gasteiger partial charge in [-0.25, -0.2) is 4.39 Å². The van der Waals surface area contributed by atoms with Crippen molar-refractivity contribution in [1.82, 2.24) is 10.2 Å². The third-order valence-electron chi connectivity index (χ3n) is 6.10. The Morgan fingerprint density at radius 1 is 1.00 bits per heavy atom. The van der Waals surface area contributed by atoms with Gasteiger partial charge in [0.1, 0.15) is 5.82 Å². The fourth-order valence-electron chi connectivity index (χ4n) is 4.30. The fourth-order valence-corrected chi connectivity index (χ4v) is 4.30. The molecule has 0 atom stereocenters. The molecule has 0 aromatic heterocycles. The van der Waals surface area contributed by atoms with Gasteiger partial charge in [-0.2, -0.15) is 0 Å².